The molecule has 0 fully saturated rings. The molecule has 1 heterocycles. The molecule has 1 atom stereocenters. The summed E-state index contributed by atoms with van der Waals surface area (Å²) in [7, 11) is -1.45. The van der Waals surface area contributed by atoms with Gasteiger partial charge in [0.25, 0.3) is 0 Å². The minimum absolute atomic E-state index is 0.108. The summed E-state index contributed by atoms with van der Waals surface area (Å²) < 4.78 is 28.4. The van der Waals surface area contributed by atoms with Gasteiger partial charge in [-0.15, -0.1) is 0 Å². The number of nitrogens with zero attached hydrogens (tertiary/aromatic N) is 2. The Hall–Kier alpha value is -0.820. The van der Waals surface area contributed by atoms with Crippen LogP contribution < -0.4 is 10.6 Å². The van der Waals surface area contributed by atoms with Crippen LogP contribution in [0.25, 0.3) is 0 Å². The Morgan fingerprint density at radius 1 is 1.44 bits per heavy atom. The van der Waals surface area contributed by atoms with Gasteiger partial charge in [-0.1, -0.05) is 13.8 Å². The smallest absolute Gasteiger partial charge is 0.185 e. The highest BCUT2D eigenvalue weighted by Gasteiger charge is 2.27. The number of nitrogen functional groups attached to an aromatic ring is 1. The average molecular weight is 291 g/mol. The molecule has 18 heavy (non-hydrogen) atoms. The maximum Gasteiger partial charge on any atom is 0.185 e. The predicted molar refractivity (Wildman–Crippen MR) is 77.0 cm³/mol. The third kappa shape index (κ3) is 2.95. The van der Waals surface area contributed by atoms with Crippen molar-refractivity contribution in [3.05, 3.63) is 0 Å². The van der Waals surface area contributed by atoms with Crippen molar-refractivity contribution < 1.29 is 8.42 Å². The second kappa shape index (κ2) is 5.88. The van der Waals surface area contributed by atoms with Crippen LogP contribution in [0.5, 0.6) is 0 Å². The Kier molecular flexibility index (Phi) is 4.98. The van der Waals surface area contributed by atoms with Crippen molar-refractivity contribution in [2.75, 3.05) is 23.4 Å². The maximum absolute atomic E-state index is 12.2. The predicted octanol–water partition coefficient (Wildman–Crippen LogP) is 2.14. The molecule has 0 amide bonds. The number of sulfone groups is 1. The van der Waals surface area contributed by atoms with Gasteiger partial charge in [-0.25, -0.2) is 8.42 Å². The number of aromatic nitrogens is 1. The normalized spacial score (nSPS) is 13.6. The zero-order valence-corrected chi connectivity index (χ0v) is 12.9. The molecule has 0 bridgehead atoms. The highest BCUT2D eigenvalue weighted by atomic mass is 32.2. The zero-order valence-electron chi connectivity index (χ0n) is 11.3. The van der Waals surface area contributed by atoms with Gasteiger partial charge in [0.1, 0.15) is 9.90 Å². The first-order chi connectivity index (χ1) is 8.35. The maximum atomic E-state index is 12.2. The van der Waals surface area contributed by atoms with E-state index in [4.69, 9.17) is 5.73 Å². The summed E-state index contributed by atoms with van der Waals surface area (Å²) >= 11 is 1.15. The molecule has 0 saturated heterocycles. The Bertz CT molecular complexity index is 496. The standard InChI is InChI=1S/C11H21N3O2S2/c1-5-7-18(15,16)9-10(12)13-17-11(9)14(4)8(3)6-2/h8H,5-7H2,1-4H3,(H2,12,13). The quantitative estimate of drug-likeness (QED) is 0.869. The highest BCUT2D eigenvalue weighted by molar-refractivity contribution is 7.91. The van der Waals surface area contributed by atoms with E-state index in [0.29, 0.717) is 11.4 Å². The molecule has 1 aromatic rings. The van der Waals surface area contributed by atoms with Crippen LogP contribution in [0.2, 0.25) is 0 Å². The molecule has 2 N–H and O–H groups in total. The minimum atomic E-state index is -3.33. The van der Waals surface area contributed by atoms with Gasteiger partial charge in [0.05, 0.1) is 5.75 Å². The average Bonchev–Trinajstić information content (AvgIpc) is 2.69. The molecule has 0 aliphatic rings. The highest BCUT2D eigenvalue weighted by Crippen LogP contribution is 2.36. The van der Waals surface area contributed by atoms with E-state index >= 15 is 0 Å². The molecule has 0 spiro atoms. The van der Waals surface area contributed by atoms with Crippen molar-refractivity contribution in [2.45, 2.75) is 44.6 Å². The summed E-state index contributed by atoms with van der Waals surface area (Å²) in [6.07, 6.45) is 1.51. The van der Waals surface area contributed by atoms with Crippen molar-refractivity contribution >= 4 is 32.2 Å². The number of hydrogen-bond acceptors (Lipinski definition) is 6. The molecule has 0 saturated carbocycles. The summed E-state index contributed by atoms with van der Waals surface area (Å²) in [5.41, 5.74) is 5.73. The lowest BCUT2D eigenvalue weighted by Crippen LogP contribution is -2.28. The fraction of sp³-hybridized carbons (Fsp3) is 0.727. The topological polar surface area (TPSA) is 76.3 Å². The van der Waals surface area contributed by atoms with Gasteiger partial charge in [-0.2, -0.15) is 4.37 Å². The van der Waals surface area contributed by atoms with E-state index in [1.54, 1.807) is 0 Å². The first kappa shape index (κ1) is 15.2. The molecule has 7 heteroatoms. The van der Waals surface area contributed by atoms with Gasteiger partial charge in [-0.05, 0) is 31.3 Å². The first-order valence-electron chi connectivity index (χ1n) is 6.05. The lowest BCUT2D eigenvalue weighted by Gasteiger charge is -2.25. The molecular formula is C11H21N3O2S2. The molecule has 0 aliphatic carbocycles. The largest absolute Gasteiger partial charge is 0.382 e. The second-order valence-corrected chi connectivity index (χ2v) is 7.19. The van der Waals surface area contributed by atoms with Crippen molar-refractivity contribution in [3.63, 3.8) is 0 Å². The van der Waals surface area contributed by atoms with Gasteiger partial charge >= 0.3 is 0 Å². The van der Waals surface area contributed by atoms with E-state index in [1.807, 2.05) is 25.8 Å². The lowest BCUT2D eigenvalue weighted by atomic mass is 10.2. The zero-order chi connectivity index (χ0) is 13.9. The van der Waals surface area contributed by atoms with Gasteiger partial charge in [0.2, 0.25) is 0 Å². The van der Waals surface area contributed by atoms with E-state index in [9.17, 15) is 8.42 Å². The van der Waals surface area contributed by atoms with E-state index in [0.717, 1.165) is 18.0 Å². The van der Waals surface area contributed by atoms with Crippen molar-refractivity contribution in [1.82, 2.24) is 4.37 Å². The molecule has 5 nitrogen and oxygen atoms in total. The number of rotatable bonds is 6. The third-order valence-corrected chi connectivity index (χ3v) is 6.07. The van der Waals surface area contributed by atoms with Crippen molar-refractivity contribution in [2.24, 2.45) is 0 Å². The Morgan fingerprint density at radius 3 is 2.56 bits per heavy atom. The van der Waals surface area contributed by atoms with Gasteiger partial charge < -0.3 is 10.6 Å². The SMILES string of the molecule is CCCS(=O)(=O)c1c(N)nsc1N(C)C(C)CC. The summed E-state index contributed by atoms with van der Waals surface area (Å²) in [5, 5.41) is 0.648. The molecule has 0 aliphatic heterocycles. The van der Waals surface area contributed by atoms with E-state index < -0.39 is 9.84 Å². The van der Waals surface area contributed by atoms with Crippen LogP contribution in [-0.2, 0) is 9.84 Å². The Labute approximate surface area is 113 Å². The van der Waals surface area contributed by atoms with Gasteiger partial charge in [-0.3, -0.25) is 0 Å². The second-order valence-electron chi connectivity index (χ2n) is 4.39. The molecule has 1 unspecified atom stereocenters. The van der Waals surface area contributed by atoms with Gasteiger partial charge in [0, 0.05) is 13.1 Å². The van der Waals surface area contributed by atoms with Crippen LogP contribution in [0.1, 0.15) is 33.6 Å². The molecule has 1 rings (SSSR count). The fourth-order valence-electron chi connectivity index (χ4n) is 1.65. The molecule has 104 valence electrons. The Morgan fingerprint density at radius 2 is 2.06 bits per heavy atom. The summed E-state index contributed by atoms with van der Waals surface area (Å²) in [5.74, 6) is 0.232. The van der Waals surface area contributed by atoms with Gasteiger partial charge in [0.15, 0.2) is 15.7 Å². The number of hydrogen-bond donors (Lipinski definition) is 1. The van der Waals surface area contributed by atoms with E-state index in [-0.39, 0.29) is 22.5 Å². The molecule has 0 radical (unpaired) electrons. The number of nitrogens with two attached hydrogens (primary N) is 1. The van der Waals surface area contributed by atoms with Crippen LogP contribution in [0, 0.1) is 0 Å². The third-order valence-electron chi connectivity index (χ3n) is 3.01. The monoisotopic (exact) mass is 291 g/mol. The summed E-state index contributed by atoms with van der Waals surface area (Å²) in [6.45, 7) is 5.95. The van der Waals surface area contributed by atoms with E-state index in [1.165, 1.54) is 0 Å². The van der Waals surface area contributed by atoms with Crippen LogP contribution in [0.4, 0.5) is 10.8 Å². The lowest BCUT2D eigenvalue weighted by molar-refractivity contribution is 0.594. The summed E-state index contributed by atoms with van der Waals surface area (Å²) in [4.78, 5) is 2.15. The molecule has 1 aromatic heterocycles. The number of anilines is 2. The Balaban J connectivity index is 3.25. The first-order valence-corrected chi connectivity index (χ1v) is 8.48. The fourth-order valence-corrected chi connectivity index (χ4v) is 4.49. The molecular weight excluding hydrogens is 270 g/mol. The van der Waals surface area contributed by atoms with Crippen LogP contribution >= 0.6 is 11.5 Å². The van der Waals surface area contributed by atoms with Crippen LogP contribution in [-0.4, -0.2) is 31.6 Å². The van der Waals surface area contributed by atoms with E-state index in [2.05, 4.69) is 11.3 Å². The van der Waals surface area contributed by atoms with Crippen molar-refractivity contribution in [3.8, 4) is 0 Å². The van der Waals surface area contributed by atoms with Crippen molar-refractivity contribution in [1.29, 1.82) is 0 Å². The molecule has 0 aromatic carbocycles. The van der Waals surface area contributed by atoms with Crippen LogP contribution in [0.15, 0.2) is 4.90 Å². The van der Waals surface area contributed by atoms with Crippen LogP contribution in [0.3, 0.4) is 0 Å². The summed E-state index contributed by atoms with van der Waals surface area (Å²) in [6, 6.07) is 0.250. The minimum Gasteiger partial charge on any atom is -0.382 e.